The molecule has 1 heterocycles. The van der Waals surface area contributed by atoms with Crippen molar-refractivity contribution >= 4 is 12.4 Å². The van der Waals surface area contributed by atoms with Crippen LogP contribution in [0.15, 0.2) is 24.3 Å². The fourth-order valence-electron chi connectivity index (χ4n) is 2.61. The Morgan fingerprint density at radius 1 is 1.29 bits per heavy atom. The number of amides is 1. The highest BCUT2D eigenvalue weighted by Gasteiger charge is 2.27. The first-order chi connectivity index (χ1) is 9.89. The Bertz CT molecular complexity index is 511. The van der Waals surface area contributed by atoms with E-state index < -0.39 is 5.60 Å². The number of nitrogens with zero attached hydrogens (tertiary/aromatic N) is 1. The molecular formula is C17H23NO3. The molecule has 4 heteroatoms. The highest BCUT2D eigenvalue weighted by molar-refractivity contribution is 5.75. The number of piperidine rings is 1. The van der Waals surface area contributed by atoms with Crippen molar-refractivity contribution in [3.63, 3.8) is 0 Å². The fraction of sp³-hybridized carbons (Fsp3) is 0.529. The van der Waals surface area contributed by atoms with Gasteiger partial charge in [-0.15, -0.1) is 0 Å². The minimum Gasteiger partial charge on any atom is -0.444 e. The van der Waals surface area contributed by atoms with Gasteiger partial charge in [-0.25, -0.2) is 4.79 Å². The minimum atomic E-state index is -0.452. The molecule has 0 atom stereocenters. The molecule has 1 amide bonds. The number of aldehydes is 1. The smallest absolute Gasteiger partial charge is 0.410 e. The summed E-state index contributed by atoms with van der Waals surface area (Å²) in [6.45, 7) is 7.03. The molecule has 0 spiro atoms. The number of ether oxygens (including phenoxy) is 1. The number of hydrogen-bond donors (Lipinski definition) is 0. The Hall–Kier alpha value is -1.84. The van der Waals surface area contributed by atoms with Gasteiger partial charge in [0.15, 0.2) is 0 Å². The molecule has 0 N–H and O–H groups in total. The third-order valence-electron chi connectivity index (χ3n) is 3.66. The highest BCUT2D eigenvalue weighted by Crippen LogP contribution is 2.29. The highest BCUT2D eigenvalue weighted by atomic mass is 16.6. The van der Waals surface area contributed by atoms with Crippen LogP contribution in [0, 0.1) is 0 Å². The number of likely N-dealkylation sites (tertiary alicyclic amines) is 1. The Balaban J connectivity index is 1.93. The maximum Gasteiger partial charge on any atom is 0.410 e. The van der Waals surface area contributed by atoms with E-state index in [1.807, 2.05) is 39.0 Å². The zero-order chi connectivity index (χ0) is 15.5. The third-order valence-corrected chi connectivity index (χ3v) is 3.66. The van der Waals surface area contributed by atoms with Crippen LogP contribution >= 0.6 is 0 Å². The van der Waals surface area contributed by atoms with Crippen LogP contribution in [0.3, 0.4) is 0 Å². The SMILES string of the molecule is CC(C)(C)OC(=O)N1CCC(c2cccc(C=O)c2)CC1. The lowest BCUT2D eigenvalue weighted by atomic mass is 9.89. The lowest BCUT2D eigenvalue weighted by Gasteiger charge is -2.33. The number of benzene rings is 1. The lowest BCUT2D eigenvalue weighted by molar-refractivity contribution is 0.0205. The van der Waals surface area contributed by atoms with E-state index in [1.165, 1.54) is 5.56 Å². The summed E-state index contributed by atoms with van der Waals surface area (Å²) < 4.78 is 5.40. The van der Waals surface area contributed by atoms with Gasteiger partial charge >= 0.3 is 6.09 Å². The number of carbonyl (C=O) groups excluding carboxylic acids is 2. The van der Waals surface area contributed by atoms with E-state index in [9.17, 15) is 9.59 Å². The van der Waals surface area contributed by atoms with E-state index in [4.69, 9.17) is 4.74 Å². The minimum absolute atomic E-state index is 0.234. The van der Waals surface area contributed by atoms with Gasteiger partial charge in [-0.05, 0) is 51.2 Å². The number of hydrogen-bond acceptors (Lipinski definition) is 3. The molecule has 0 bridgehead atoms. The third kappa shape index (κ3) is 4.31. The molecule has 1 fully saturated rings. The molecule has 114 valence electrons. The van der Waals surface area contributed by atoms with Crippen molar-refractivity contribution in [3.05, 3.63) is 35.4 Å². The molecule has 1 aromatic carbocycles. The number of carbonyl (C=O) groups is 2. The van der Waals surface area contributed by atoms with Gasteiger partial charge in [-0.1, -0.05) is 18.2 Å². The van der Waals surface area contributed by atoms with Gasteiger partial charge in [-0.2, -0.15) is 0 Å². The van der Waals surface area contributed by atoms with Gasteiger partial charge in [-0.3, -0.25) is 4.79 Å². The van der Waals surface area contributed by atoms with Crippen LogP contribution in [0.1, 0.15) is 55.5 Å². The monoisotopic (exact) mass is 289 g/mol. The van der Waals surface area contributed by atoms with E-state index >= 15 is 0 Å². The zero-order valence-electron chi connectivity index (χ0n) is 13.0. The van der Waals surface area contributed by atoms with Crippen molar-refractivity contribution in [2.24, 2.45) is 0 Å². The van der Waals surface area contributed by atoms with Crippen LogP contribution in [-0.2, 0) is 4.74 Å². The van der Waals surface area contributed by atoms with E-state index in [-0.39, 0.29) is 6.09 Å². The summed E-state index contributed by atoms with van der Waals surface area (Å²) in [5.74, 6) is 0.406. The largest absolute Gasteiger partial charge is 0.444 e. The van der Waals surface area contributed by atoms with Crippen LogP contribution in [0.4, 0.5) is 4.79 Å². The Morgan fingerprint density at radius 2 is 1.95 bits per heavy atom. The van der Waals surface area contributed by atoms with Crippen molar-refractivity contribution in [2.45, 2.75) is 45.1 Å². The van der Waals surface area contributed by atoms with E-state index in [0.717, 1.165) is 19.1 Å². The van der Waals surface area contributed by atoms with Gasteiger partial charge in [0.1, 0.15) is 11.9 Å². The second-order valence-corrected chi connectivity index (χ2v) is 6.53. The summed E-state index contributed by atoms with van der Waals surface area (Å²) in [5.41, 5.74) is 1.44. The first-order valence-corrected chi connectivity index (χ1v) is 7.42. The van der Waals surface area contributed by atoms with Gasteiger partial charge in [0.2, 0.25) is 0 Å². The molecule has 0 aliphatic carbocycles. The molecule has 2 rings (SSSR count). The standard InChI is InChI=1S/C17H23NO3/c1-17(2,3)21-16(20)18-9-7-14(8-10-18)15-6-4-5-13(11-15)12-19/h4-6,11-12,14H,7-10H2,1-3H3. The fourth-order valence-corrected chi connectivity index (χ4v) is 2.61. The molecule has 4 nitrogen and oxygen atoms in total. The molecule has 0 saturated carbocycles. The lowest BCUT2D eigenvalue weighted by Crippen LogP contribution is -2.41. The van der Waals surface area contributed by atoms with Crippen molar-refractivity contribution in [2.75, 3.05) is 13.1 Å². The summed E-state index contributed by atoms with van der Waals surface area (Å²) in [5, 5.41) is 0. The quantitative estimate of drug-likeness (QED) is 0.781. The second kappa shape index (κ2) is 6.29. The average molecular weight is 289 g/mol. The van der Waals surface area contributed by atoms with E-state index in [2.05, 4.69) is 6.07 Å². The van der Waals surface area contributed by atoms with E-state index in [0.29, 0.717) is 24.6 Å². The van der Waals surface area contributed by atoms with Crippen LogP contribution < -0.4 is 0 Å². The molecule has 1 aliphatic rings. The van der Waals surface area contributed by atoms with Crippen LogP contribution in [0.25, 0.3) is 0 Å². The van der Waals surface area contributed by atoms with Gasteiger partial charge in [0, 0.05) is 18.7 Å². The molecular weight excluding hydrogens is 266 g/mol. The normalized spacial score (nSPS) is 16.6. The summed E-state index contributed by atoms with van der Waals surface area (Å²) in [6, 6.07) is 7.73. The average Bonchev–Trinajstić information content (AvgIpc) is 2.46. The van der Waals surface area contributed by atoms with Crippen molar-refractivity contribution < 1.29 is 14.3 Å². The summed E-state index contributed by atoms with van der Waals surface area (Å²) in [7, 11) is 0. The predicted octanol–water partition coefficient (Wildman–Crippen LogP) is 3.61. The first kappa shape index (κ1) is 15.5. The van der Waals surface area contributed by atoms with Gasteiger partial charge in [0.05, 0.1) is 0 Å². The van der Waals surface area contributed by atoms with Gasteiger partial charge < -0.3 is 9.64 Å². The topological polar surface area (TPSA) is 46.6 Å². The second-order valence-electron chi connectivity index (χ2n) is 6.53. The Labute approximate surface area is 126 Å². The first-order valence-electron chi connectivity index (χ1n) is 7.42. The van der Waals surface area contributed by atoms with Crippen molar-refractivity contribution in [1.29, 1.82) is 0 Å². The van der Waals surface area contributed by atoms with Crippen molar-refractivity contribution in [3.8, 4) is 0 Å². The molecule has 1 aromatic rings. The zero-order valence-corrected chi connectivity index (χ0v) is 13.0. The summed E-state index contributed by atoms with van der Waals surface area (Å²) in [4.78, 5) is 24.6. The van der Waals surface area contributed by atoms with Crippen LogP contribution in [0.2, 0.25) is 0 Å². The Morgan fingerprint density at radius 3 is 2.52 bits per heavy atom. The van der Waals surface area contributed by atoms with Gasteiger partial charge in [0.25, 0.3) is 0 Å². The summed E-state index contributed by atoms with van der Waals surface area (Å²) in [6.07, 6.45) is 2.45. The molecule has 0 unspecified atom stereocenters. The molecule has 21 heavy (non-hydrogen) atoms. The van der Waals surface area contributed by atoms with E-state index in [1.54, 1.807) is 4.90 Å². The van der Waals surface area contributed by atoms with Crippen LogP contribution in [0.5, 0.6) is 0 Å². The van der Waals surface area contributed by atoms with Crippen molar-refractivity contribution in [1.82, 2.24) is 4.90 Å². The summed E-state index contributed by atoms with van der Waals surface area (Å²) >= 11 is 0. The maximum absolute atomic E-state index is 12.0. The maximum atomic E-state index is 12.0. The predicted molar refractivity (Wildman–Crippen MR) is 81.6 cm³/mol. The van der Waals surface area contributed by atoms with Crippen LogP contribution in [-0.4, -0.2) is 36.0 Å². The molecule has 1 saturated heterocycles. The molecule has 0 radical (unpaired) electrons. The number of rotatable bonds is 2. The molecule has 0 aromatic heterocycles. The Kier molecular flexibility index (Phi) is 4.66. The molecule has 1 aliphatic heterocycles.